The number of ether oxygens (including phenoxy) is 1. The minimum absolute atomic E-state index is 0.0462. The van der Waals surface area contributed by atoms with E-state index in [0.717, 1.165) is 12.8 Å². The summed E-state index contributed by atoms with van der Waals surface area (Å²) in [6.07, 6.45) is 3.11. The number of fused-ring (bicyclic) bond motifs is 1. The Hall–Kier alpha value is -2.28. The summed E-state index contributed by atoms with van der Waals surface area (Å²) in [6, 6.07) is 3.55. The summed E-state index contributed by atoms with van der Waals surface area (Å²) < 4.78 is 5.48. The number of carbonyl (C=O) groups excluding carboxylic acids is 1. The largest absolute Gasteiger partial charge is 0.444 e. The van der Waals surface area contributed by atoms with Crippen LogP contribution in [0.2, 0.25) is 5.15 Å². The number of anilines is 2. The summed E-state index contributed by atoms with van der Waals surface area (Å²) >= 11 is 6.04. The highest BCUT2D eigenvalue weighted by Gasteiger charge is 2.28. The first-order valence-electron chi connectivity index (χ1n) is 8.68. The lowest BCUT2D eigenvalue weighted by atomic mass is 10.1. The molecule has 0 bridgehead atoms. The van der Waals surface area contributed by atoms with Crippen LogP contribution in [0.3, 0.4) is 0 Å². The van der Waals surface area contributed by atoms with Crippen LogP contribution >= 0.6 is 11.6 Å². The Labute approximate surface area is 157 Å². The van der Waals surface area contributed by atoms with Gasteiger partial charge in [0.25, 0.3) is 0 Å². The van der Waals surface area contributed by atoms with Crippen molar-refractivity contribution < 1.29 is 9.53 Å². The molecule has 0 aliphatic carbocycles. The van der Waals surface area contributed by atoms with E-state index in [1.54, 1.807) is 17.2 Å². The van der Waals surface area contributed by atoms with Gasteiger partial charge in [0.2, 0.25) is 0 Å². The summed E-state index contributed by atoms with van der Waals surface area (Å²) in [4.78, 5) is 22.7. The quantitative estimate of drug-likeness (QED) is 0.775. The number of carbonyl (C=O) groups is 1. The molecular weight excluding hydrogens is 354 g/mol. The van der Waals surface area contributed by atoms with E-state index in [-0.39, 0.29) is 12.1 Å². The number of hydrogen-bond acceptors (Lipinski definition) is 6. The molecule has 1 saturated heterocycles. The van der Waals surface area contributed by atoms with E-state index >= 15 is 0 Å². The molecular formula is C18H24ClN5O2. The van der Waals surface area contributed by atoms with Crippen LogP contribution < -0.4 is 11.1 Å². The van der Waals surface area contributed by atoms with E-state index in [0.29, 0.717) is 40.7 Å². The minimum Gasteiger partial charge on any atom is -0.444 e. The van der Waals surface area contributed by atoms with Gasteiger partial charge in [-0.2, -0.15) is 0 Å². The number of nitrogens with one attached hydrogen (secondary N) is 1. The molecule has 1 amide bonds. The van der Waals surface area contributed by atoms with Crippen molar-refractivity contribution in [3.63, 3.8) is 0 Å². The summed E-state index contributed by atoms with van der Waals surface area (Å²) in [7, 11) is 0. The number of piperidine rings is 1. The van der Waals surface area contributed by atoms with Crippen LogP contribution in [-0.2, 0) is 4.74 Å². The fraction of sp³-hybridized carbons (Fsp3) is 0.500. The molecule has 0 saturated carbocycles. The summed E-state index contributed by atoms with van der Waals surface area (Å²) in [5.41, 5.74) is 8.16. The van der Waals surface area contributed by atoms with Crippen LogP contribution in [-0.4, -0.2) is 45.7 Å². The number of likely N-dealkylation sites (tertiary alicyclic amines) is 1. The van der Waals surface area contributed by atoms with E-state index in [1.165, 1.54) is 0 Å². The van der Waals surface area contributed by atoms with Crippen molar-refractivity contribution in [3.05, 3.63) is 23.5 Å². The lowest BCUT2D eigenvalue weighted by molar-refractivity contribution is 0.0206. The van der Waals surface area contributed by atoms with Gasteiger partial charge in [0.05, 0.1) is 23.1 Å². The fourth-order valence-electron chi connectivity index (χ4n) is 3.00. The molecule has 0 spiro atoms. The van der Waals surface area contributed by atoms with Gasteiger partial charge in [-0.3, -0.25) is 4.98 Å². The second kappa shape index (κ2) is 7.15. The maximum atomic E-state index is 12.3. The normalized spacial score (nSPS) is 18.0. The van der Waals surface area contributed by atoms with Gasteiger partial charge in [0, 0.05) is 19.1 Å². The highest BCUT2D eigenvalue weighted by molar-refractivity contribution is 6.29. The summed E-state index contributed by atoms with van der Waals surface area (Å²) in [6.45, 7) is 6.82. The fourth-order valence-corrected chi connectivity index (χ4v) is 3.15. The second-order valence-corrected chi connectivity index (χ2v) is 7.89. The van der Waals surface area contributed by atoms with Gasteiger partial charge in [0.1, 0.15) is 16.3 Å². The predicted octanol–water partition coefficient (Wildman–Crippen LogP) is 3.68. The lowest BCUT2D eigenvalue weighted by Crippen LogP contribution is -2.47. The van der Waals surface area contributed by atoms with E-state index in [4.69, 9.17) is 22.1 Å². The third kappa shape index (κ3) is 4.27. The van der Waals surface area contributed by atoms with Gasteiger partial charge in [0.15, 0.2) is 0 Å². The minimum atomic E-state index is -0.510. The number of aromatic nitrogens is 2. The lowest BCUT2D eigenvalue weighted by Gasteiger charge is -2.35. The van der Waals surface area contributed by atoms with Gasteiger partial charge >= 0.3 is 6.09 Å². The molecule has 2 aromatic rings. The first kappa shape index (κ1) is 18.5. The van der Waals surface area contributed by atoms with Crippen LogP contribution in [0.5, 0.6) is 0 Å². The average molecular weight is 378 g/mol. The Morgan fingerprint density at radius 2 is 2.19 bits per heavy atom. The number of hydrogen-bond donors (Lipinski definition) is 2. The van der Waals surface area contributed by atoms with E-state index in [9.17, 15) is 4.79 Å². The van der Waals surface area contributed by atoms with Crippen LogP contribution in [0.25, 0.3) is 11.0 Å². The molecule has 2 aromatic heterocycles. The Balaban J connectivity index is 1.79. The Morgan fingerprint density at radius 3 is 2.92 bits per heavy atom. The third-order valence-corrected chi connectivity index (χ3v) is 4.34. The molecule has 7 nitrogen and oxygen atoms in total. The zero-order valence-electron chi connectivity index (χ0n) is 15.3. The van der Waals surface area contributed by atoms with Crippen LogP contribution in [0.15, 0.2) is 18.3 Å². The molecule has 1 aliphatic rings. The molecule has 0 radical (unpaired) electrons. The van der Waals surface area contributed by atoms with Crippen molar-refractivity contribution in [1.82, 2.24) is 14.9 Å². The molecule has 1 fully saturated rings. The zero-order valence-corrected chi connectivity index (χ0v) is 16.0. The first-order chi connectivity index (χ1) is 12.2. The molecule has 1 atom stereocenters. The first-order valence-corrected chi connectivity index (χ1v) is 9.06. The number of nitrogens with two attached hydrogens (primary N) is 1. The topological polar surface area (TPSA) is 93.4 Å². The van der Waals surface area contributed by atoms with Crippen molar-refractivity contribution in [2.24, 2.45) is 0 Å². The van der Waals surface area contributed by atoms with Crippen LogP contribution in [0.4, 0.5) is 16.2 Å². The van der Waals surface area contributed by atoms with Crippen molar-refractivity contribution in [3.8, 4) is 0 Å². The van der Waals surface area contributed by atoms with Gasteiger partial charge in [-0.25, -0.2) is 9.78 Å². The molecule has 1 aliphatic heterocycles. The van der Waals surface area contributed by atoms with E-state index < -0.39 is 5.60 Å². The molecule has 0 unspecified atom stereocenters. The molecule has 140 valence electrons. The molecule has 3 heterocycles. The number of nitrogen functional groups attached to an aromatic ring is 1. The van der Waals surface area contributed by atoms with Gasteiger partial charge in [-0.1, -0.05) is 11.6 Å². The molecule has 26 heavy (non-hydrogen) atoms. The summed E-state index contributed by atoms with van der Waals surface area (Å²) in [5, 5.41) is 3.81. The van der Waals surface area contributed by atoms with Gasteiger partial charge < -0.3 is 20.7 Å². The smallest absolute Gasteiger partial charge is 0.410 e. The van der Waals surface area contributed by atoms with Crippen molar-refractivity contribution >= 4 is 40.1 Å². The van der Waals surface area contributed by atoms with Crippen LogP contribution in [0, 0.1) is 0 Å². The maximum Gasteiger partial charge on any atom is 0.410 e. The maximum absolute atomic E-state index is 12.3. The zero-order chi connectivity index (χ0) is 18.9. The number of halogens is 1. The Morgan fingerprint density at radius 1 is 1.42 bits per heavy atom. The number of amides is 1. The Kier molecular flexibility index (Phi) is 5.09. The molecule has 0 aromatic carbocycles. The Bertz CT molecular complexity index is 816. The highest BCUT2D eigenvalue weighted by atomic mass is 35.5. The van der Waals surface area contributed by atoms with E-state index in [1.807, 2.05) is 26.8 Å². The standard InChI is InChI=1S/C18H24ClN5O2/c1-18(2,3)26-17(25)24-8-4-5-11(10-24)22-15-12(20)9-21-13-6-7-14(19)23-16(13)15/h6-7,9,11H,4-5,8,10,20H2,1-3H3,(H,21,22)/t11-/m1/s1. The van der Waals surface area contributed by atoms with Gasteiger partial charge in [-0.05, 0) is 45.7 Å². The molecule has 8 heteroatoms. The van der Waals surface area contributed by atoms with E-state index in [2.05, 4.69) is 15.3 Å². The number of rotatable bonds is 2. The SMILES string of the molecule is CC(C)(C)OC(=O)N1CCC[C@@H](Nc2c(N)cnc3ccc(Cl)nc23)C1. The monoisotopic (exact) mass is 377 g/mol. The van der Waals surface area contributed by atoms with Crippen LogP contribution in [0.1, 0.15) is 33.6 Å². The third-order valence-electron chi connectivity index (χ3n) is 4.13. The highest BCUT2D eigenvalue weighted by Crippen LogP contribution is 2.29. The average Bonchev–Trinajstić information content (AvgIpc) is 2.56. The molecule has 3 N–H and O–H groups in total. The second-order valence-electron chi connectivity index (χ2n) is 7.50. The van der Waals surface area contributed by atoms with Crippen molar-refractivity contribution in [2.45, 2.75) is 45.3 Å². The van der Waals surface area contributed by atoms with Crippen molar-refractivity contribution in [2.75, 3.05) is 24.1 Å². The number of pyridine rings is 2. The van der Waals surface area contributed by atoms with Gasteiger partial charge in [-0.15, -0.1) is 0 Å². The predicted molar refractivity (Wildman–Crippen MR) is 103 cm³/mol. The molecule has 3 rings (SSSR count). The summed E-state index contributed by atoms with van der Waals surface area (Å²) in [5.74, 6) is 0. The van der Waals surface area contributed by atoms with Crippen molar-refractivity contribution in [1.29, 1.82) is 0 Å². The number of nitrogens with zero attached hydrogens (tertiary/aromatic N) is 3.